The molecular formula is C24H27BrN6O2. The van der Waals surface area contributed by atoms with E-state index in [0.717, 1.165) is 44.3 Å². The van der Waals surface area contributed by atoms with Crippen LogP contribution < -0.4 is 14.9 Å². The number of ether oxygens (including phenoxy) is 2. The summed E-state index contributed by atoms with van der Waals surface area (Å²) in [6.07, 6.45) is 6.33. The minimum atomic E-state index is 0.322. The van der Waals surface area contributed by atoms with Crippen LogP contribution in [0.1, 0.15) is 38.2 Å². The van der Waals surface area contributed by atoms with Crippen LogP contribution in [0.15, 0.2) is 46.0 Å². The van der Waals surface area contributed by atoms with Crippen LogP contribution in [-0.4, -0.2) is 39.7 Å². The van der Waals surface area contributed by atoms with Crippen LogP contribution in [0.25, 0.3) is 22.1 Å². The van der Waals surface area contributed by atoms with E-state index >= 15 is 0 Å². The lowest BCUT2D eigenvalue weighted by Gasteiger charge is -2.11. The van der Waals surface area contributed by atoms with Crippen molar-refractivity contribution in [2.75, 3.05) is 19.1 Å². The maximum absolute atomic E-state index is 5.87. The smallest absolute Gasteiger partial charge is 0.265 e. The van der Waals surface area contributed by atoms with Gasteiger partial charge in [-0.3, -0.25) is 0 Å². The Bertz CT molecular complexity index is 1290. The number of nitrogens with zero attached hydrogens (tertiary/aromatic N) is 5. The van der Waals surface area contributed by atoms with E-state index in [-0.39, 0.29) is 0 Å². The molecule has 0 aliphatic rings. The zero-order valence-corrected chi connectivity index (χ0v) is 20.6. The van der Waals surface area contributed by atoms with Gasteiger partial charge in [0.1, 0.15) is 5.52 Å². The Morgan fingerprint density at radius 2 is 1.97 bits per heavy atom. The van der Waals surface area contributed by atoms with Crippen molar-refractivity contribution in [2.24, 2.45) is 12.1 Å². The monoisotopic (exact) mass is 510 g/mol. The van der Waals surface area contributed by atoms with Gasteiger partial charge in [-0.2, -0.15) is 10.1 Å². The second kappa shape index (κ2) is 10.6. The summed E-state index contributed by atoms with van der Waals surface area (Å²) in [5.41, 5.74) is 6.25. The molecule has 0 amide bonds. The average Bonchev–Trinajstić information content (AvgIpc) is 3.10. The van der Waals surface area contributed by atoms with Gasteiger partial charge in [0.25, 0.3) is 5.95 Å². The fraction of sp³-hybridized carbons (Fsp3) is 0.333. The van der Waals surface area contributed by atoms with Crippen molar-refractivity contribution in [3.8, 4) is 11.5 Å². The van der Waals surface area contributed by atoms with Crippen LogP contribution in [0.2, 0.25) is 0 Å². The van der Waals surface area contributed by atoms with Gasteiger partial charge in [0.2, 0.25) is 0 Å². The third kappa shape index (κ3) is 5.24. The number of hydrazone groups is 1. The number of halogens is 1. The van der Waals surface area contributed by atoms with Crippen LogP contribution in [-0.2, 0) is 7.05 Å². The van der Waals surface area contributed by atoms with Gasteiger partial charge < -0.3 is 14.0 Å². The highest BCUT2D eigenvalue weighted by molar-refractivity contribution is 9.10. The minimum absolute atomic E-state index is 0.322. The highest BCUT2D eigenvalue weighted by Crippen LogP contribution is 2.29. The van der Waals surface area contributed by atoms with Crippen LogP contribution in [0, 0.1) is 0 Å². The van der Waals surface area contributed by atoms with E-state index in [1.807, 2.05) is 48.0 Å². The molecule has 2 aromatic carbocycles. The van der Waals surface area contributed by atoms with Crippen LogP contribution in [0.4, 0.5) is 5.95 Å². The van der Waals surface area contributed by atoms with E-state index in [1.165, 1.54) is 19.3 Å². The zero-order chi connectivity index (χ0) is 23.2. The fourth-order valence-electron chi connectivity index (χ4n) is 3.64. The molecule has 0 aliphatic heterocycles. The van der Waals surface area contributed by atoms with E-state index in [1.54, 1.807) is 13.3 Å². The number of rotatable bonds is 10. The van der Waals surface area contributed by atoms with Gasteiger partial charge in [0.05, 0.1) is 25.4 Å². The lowest BCUT2D eigenvalue weighted by atomic mass is 10.2. The van der Waals surface area contributed by atoms with Gasteiger partial charge in [0.15, 0.2) is 17.1 Å². The first kappa shape index (κ1) is 23.0. The third-order valence-corrected chi connectivity index (χ3v) is 5.88. The molecule has 0 radical (unpaired) electrons. The SMILES string of the molecule is CCCCCCOc1ccc(/C=N/Nc2nnc3c4cc(Br)ccc4n(C)c3n2)cc1OC. The summed E-state index contributed by atoms with van der Waals surface area (Å²) in [5.74, 6) is 1.73. The van der Waals surface area contributed by atoms with E-state index in [0.29, 0.717) is 18.3 Å². The number of hydrogen-bond donors (Lipinski definition) is 1. The summed E-state index contributed by atoms with van der Waals surface area (Å²) < 4.78 is 14.3. The Kier molecular flexibility index (Phi) is 7.39. The molecule has 33 heavy (non-hydrogen) atoms. The number of fused-ring (bicyclic) bond motifs is 3. The maximum atomic E-state index is 5.87. The molecule has 1 N–H and O–H groups in total. The molecule has 0 spiro atoms. The third-order valence-electron chi connectivity index (χ3n) is 5.38. The Morgan fingerprint density at radius 3 is 2.79 bits per heavy atom. The summed E-state index contributed by atoms with van der Waals surface area (Å²) in [4.78, 5) is 4.58. The number of benzene rings is 2. The molecule has 2 heterocycles. The summed E-state index contributed by atoms with van der Waals surface area (Å²) in [7, 11) is 3.59. The highest BCUT2D eigenvalue weighted by atomic mass is 79.9. The highest BCUT2D eigenvalue weighted by Gasteiger charge is 2.13. The summed E-state index contributed by atoms with van der Waals surface area (Å²) in [5, 5.41) is 13.8. The number of nitrogens with one attached hydrogen (secondary N) is 1. The Morgan fingerprint density at radius 1 is 1.09 bits per heavy atom. The van der Waals surface area contributed by atoms with Gasteiger partial charge in [-0.25, -0.2) is 5.43 Å². The van der Waals surface area contributed by atoms with Crippen molar-refractivity contribution >= 4 is 50.2 Å². The number of methoxy groups -OCH3 is 1. The number of hydrogen-bond acceptors (Lipinski definition) is 7. The maximum Gasteiger partial charge on any atom is 0.265 e. The Hall–Kier alpha value is -3.20. The quantitative estimate of drug-likeness (QED) is 0.167. The molecule has 172 valence electrons. The van der Waals surface area contributed by atoms with Gasteiger partial charge in [-0.1, -0.05) is 42.1 Å². The predicted molar refractivity (Wildman–Crippen MR) is 135 cm³/mol. The van der Waals surface area contributed by atoms with Gasteiger partial charge in [0, 0.05) is 16.9 Å². The molecule has 0 unspecified atom stereocenters. The lowest BCUT2D eigenvalue weighted by molar-refractivity contribution is 0.285. The first-order valence-electron chi connectivity index (χ1n) is 11.0. The molecule has 0 aliphatic carbocycles. The molecule has 0 saturated carbocycles. The molecule has 2 aromatic heterocycles. The molecular weight excluding hydrogens is 484 g/mol. The zero-order valence-electron chi connectivity index (χ0n) is 19.0. The average molecular weight is 511 g/mol. The topological polar surface area (TPSA) is 86.5 Å². The molecule has 8 nitrogen and oxygen atoms in total. The second-order valence-corrected chi connectivity index (χ2v) is 8.63. The summed E-state index contributed by atoms with van der Waals surface area (Å²) in [6, 6.07) is 11.8. The molecule has 0 saturated heterocycles. The van der Waals surface area contributed by atoms with Gasteiger partial charge >= 0.3 is 0 Å². The van der Waals surface area contributed by atoms with Crippen molar-refractivity contribution in [1.29, 1.82) is 0 Å². The van der Waals surface area contributed by atoms with Crippen molar-refractivity contribution in [3.63, 3.8) is 0 Å². The van der Waals surface area contributed by atoms with Crippen LogP contribution >= 0.6 is 15.9 Å². The number of anilines is 1. The van der Waals surface area contributed by atoms with Gasteiger partial charge in [-0.15, -0.1) is 10.2 Å². The van der Waals surface area contributed by atoms with E-state index in [4.69, 9.17) is 9.47 Å². The van der Waals surface area contributed by atoms with Gasteiger partial charge in [-0.05, 0) is 48.4 Å². The largest absolute Gasteiger partial charge is 0.493 e. The number of aromatic nitrogens is 4. The lowest BCUT2D eigenvalue weighted by Crippen LogP contribution is -2.01. The molecule has 0 atom stereocenters. The number of aryl methyl sites for hydroxylation is 1. The normalized spacial score (nSPS) is 11.5. The molecule has 4 rings (SSSR count). The molecule has 0 bridgehead atoms. The first-order chi connectivity index (χ1) is 16.1. The Labute approximate surface area is 201 Å². The van der Waals surface area contributed by atoms with Crippen molar-refractivity contribution in [1.82, 2.24) is 19.7 Å². The number of unbranched alkanes of at least 4 members (excludes halogenated alkanes) is 3. The van der Waals surface area contributed by atoms with Crippen LogP contribution in [0.5, 0.6) is 11.5 Å². The van der Waals surface area contributed by atoms with Crippen molar-refractivity contribution in [2.45, 2.75) is 32.6 Å². The van der Waals surface area contributed by atoms with E-state index in [2.05, 4.69) is 48.6 Å². The summed E-state index contributed by atoms with van der Waals surface area (Å²) in [6.45, 7) is 2.88. The minimum Gasteiger partial charge on any atom is -0.493 e. The van der Waals surface area contributed by atoms with E-state index < -0.39 is 0 Å². The van der Waals surface area contributed by atoms with Crippen molar-refractivity contribution in [3.05, 3.63) is 46.4 Å². The summed E-state index contributed by atoms with van der Waals surface area (Å²) >= 11 is 3.51. The van der Waals surface area contributed by atoms with Crippen LogP contribution in [0.3, 0.4) is 0 Å². The standard InChI is InChI=1S/C24H27BrN6O2/c1-4-5-6-7-12-33-20-11-8-16(13-21(20)32-3)15-26-29-24-27-23-22(28-30-24)18-14-17(25)9-10-19(18)31(23)2/h8-11,13-15H,4-7,12H2,1-3H3,(H,27,29,30)/b26-15+. The molecule has 4 aromatic rings. The van der Waals surface area contributed by atoms with Crippen molar-refractivity contribution < 1.29 is 9.47 Å². The second-order valence-electron chi connectivity index (χ2n) is 7.72. The molecule has 0 fully saturated rings. The van der Waals surface area contributed by atoms with E-state index in [9.17, 15) is 0 Å². The first-order valence-corrected chi connectivity index (χ1v) is 11.8. The predicted octanol–water partition coefficient (Wildman–Crippen LogP) is 5.69. The Balaban J connectivity index is 1.45. The fourth-order valence-corrected chi connectivity index (χ4v) is 4.00. The molecule has 9 heteroatoms.